The number of hydrogen-bond acceptors (Lipinski definition) is 4. The third-order valence-electron chi connectivity index (χ3n) is 4.19. The van der Waals surface area contributed by atoms with E-state index in [9.17, 15) is 18.0 Å². The number of rotatable bonds is 4. The highest BCUT2D eigenvalue weighted by molar-refractivity contribution is 7.92. The minimum absolute atomic E-state index is 0.0492. The van der Waals surface area contributed by atoms with Crippen LogP contribution in [-0.2, 0) is 14.6 Å². The highest BCUT2D eigenvalue weighted by Crippen LogP contribution is 2.12. The van der Waals surface area contributed by atoms with Gasteiger partial charge in [0.25, 0.3) is 5.91 Å². The lowest BCUT2D eigenvalue weighted by Gasteiger charge is -2.35. The number of carbonyl (C=O) groups is 2. The maximum Gasteiger partial charge on any atom is 0.253 e. The van der Waals surface area contributed by atoms with Crippen LogP contribution < -0.4 is 0 Å². The molecule has 1 heterocycles. The third kappa shape index (κ3) is 3.90. The molecule has 23 heavy (non-hydrogen) atoms. The molecule has 1 saturated heterocycles. The first-order chi connectivity index (χ1) is 10.9. The number of hydrogen-bond donors (Lipinski definition) is 0. The Kier molecular flexibility index (Phi) is 5.41. The van der Waals surface area contributed by atoms with E-state index >= 15 is 0 Å². The smallest absolute Gasteiger partial charge is 0.253 e. The SMILES string of the molecule is CCS(=O)(=O)C(C)C(=O)N1CCN(C(=O)c2ccccc2)CC1. The first-order valence-electron chi connectivity index (χ1n) is 7.71. The number of nitrogens with zero attached hydrogens (tertiary/aromatic N) is 2. The van der Waals surface area contributed by atoms with Crippen molar-refractivity contribution in [2.45, 2.75) is 19.1 Å². The van der Waals surface area contributed by atoms with E-state index in [2.05, 4.69) is 0 Å². The van der Waals surface area contributed by atoms with Gasteiger partial charge in [-0.3, -0.25) is 9.59 Å². The van der Waals surface area contributed by atoms with Gasteiger partial charge in [0.15, 0.2) is 9.84 Å². The fraction of sp³-hybridized carbons (Fsp3) is 0.500. The van der Waals surface area contributed by atoms with Gasteiger partial charge in [-0.1, -0.05) is 25.1 Å². The molecular formula is C16H22N2O4S. The zero-order valence-corrected chi connectivity index (χ0v) is 14.3. The summed E-state index contributed by atoms with van der Waals surface area (Å²) in [6, 6.07) is 8.99. The van der Waals surface area contributed by atoms with Crippen molar-refractivity contribution in [2.75, 3.05) is 31.9 Å². The van der Waals surface area contributed by atoms with E-state index in [0.29, 0.717) is 31.7 Å². The quantitative estimate of drug-likeness (QED) is 0.814. The summed E-state index contributed by atoms with van der Waals surface area (Å²) in [7, 11) is -3.39. The number of benzene rings is 1. The van der Waals surface area contributed by atoms with Gasteiger partial charge in [0.05, 0.1) is 0 Å². The molecule has 0 spiro atoms. The average Bonchev–Trinajstić information content (AvgIpc) is 2.60. The van der Waals surface area contributed by atoms with Gasteiger partial charge < -0.3 is 9.80 Å². The van der Waals surface area contributed by atoms with Crippen molar-refractivity contribution in [1.29, 1.82) is 0 Å². The minimum atomic E-state index is -3.39. The van der Waals surface area contributed by atoms with Gasteiger partial charge in [0, 0.05) is 37.5 Å². The highest BCUT2D eigenvalue weighted by Gasteiger charge is 2.32. The molecule has 0 radical (unpaired) electrons. The second-order valence-electron chi connectivity index (χ2n) is 5.58. The van der Waals surface area contributed by atoms with Crippen molar-refractivity contribution in [3.8, 4) is 0 Å². The molecule has 7 heteroatoms. The van der Waals surface area contributed by atoms with Crippen LogP contribution in [0.3, 0.4) is 0 Å². The summed E-state index contributed by atoms with van der Waals surface area (Å²) in [5.74, 6) is -0.489. The number of piperazine rings is 1. The summed E-state index contributed by atoms with van der Waals surface area (Å²) in [4.78, 5) is 27.9. The molecule has 0 bridgehead atoms. The molecule has 2 rings (SSSR count). The molecule has 2 amide bonds. The Labute approximate surface area is 137 Å². The van der Waals surface area contributed by atoms with Gasteiger partial charge in [0.2, 0.25) is 5.91 Å². The summed E-state index contributed by atoms with van der Waals surface area (Å²) in [6.45, 7) is 4.52. The summed E-state index contributed by atoms with van der Waals surface area (Å²) < 4.78 is 23.7. The molecule has 1 aromatic rings. The maximum atomic E-state index is 12.3. The Balaban J connectivity index is 1.96. The van der Waals surface area contributed by atoms with Crippen molar-refractivity contribution >= 4 is 21.7 Å². The summed E-state index contributed by atoms with van der Waals surface area (Å²) in [5, 5.41) is -1.02. The van der Waals surface area contributed by atoms with E-state index in [1.54, 1.807) is 17.0 Å². The first kappa shape index (κ1) is 17.5. The van der Waals surface area contributed by atoms with E-state index in [1.165, 1.54) is 18.7 Å². The molecule has 0 aliphatic carbocycles. The van der Waals surface area contributed by atoms with Gasteiger partial charge >= 0.3 is 0 Å². The Bertz CT molecular complexity index is 665. The largest absolute Gasteiger partial charge is 0.338 e. The average molecular weight is 338 g/mol. The predicted octanol–water partition coefficient (Wildman–Crippen LogP) is 0.794. The highest BCUT2D eigenvalue weighted by atomic mass is 32.2. The van der Waals surface area contributed by atoms with Gasteiger partial charge in [0.1, 0.15) is 5.25 Å². The van der Waals surface area contributed by atoms with Gasteiger partial charge in [-0.25, -0.2) is 8.42 Å². The normalized spacial score (nSPS) is 17.0. The van der Waals surface area contributed by atoms with Crippen LogP contribution in [0.4, 0.5) is 0 Å². The summed E-state index contributed by atoms with van der Waals surface area (Å²) in [5.41, 5.74) is 0.620. The molecule has 1 aromatic carbocycles. The maximum absolute atomic E-state index is 12.3. The lowest BCUT2D eigenvalue weighted by Crippen LogP contribution is -2.53. The fourth-order valence-electron chi connectivity index (χ4n) is 2.55. The van der Waals surface area contributed by atoms with E-state index in [0.717, 1.165) is 0 Å². The van der Waals surface area contributed by atoms with Crippen LogP contribution in [0, 0.1) is 0 Å². The fourth-order valence-corrected chi connectivity index (χ4v) is 3.51. The molecule has 0 saturated carbocycles. The van der Waals surface area contributed by atoms with E-state index < -0.39 is 15.1 Å². The Morgan fingerprint density at radius 2 is 1.57 bits per heavy atom. The van der Waals surface area contributed by atoms with Crippen molar-refractivity contribution in [3.05, 3.63) is 35.9 Å². The number of sulfone groups is 1. The Morgan fingerprint density at radius 3 is 2.09 bits per heavy atom. The van der Waals surface area contributed by atoms with Crippen LogP contribution in [0.25, 0.3) is 0 Å². The summed E-state index contributed by atoms with van der Waals surface area (Å²) in [6.07, 6.45) is 0. The van der Waals surface area contributed by atoms with E-state index in [4.69, 9.17) is 0 Å². The van der Waals surface area contributed by atoms with Crippen molar-refractivity contribution in [3.63, 3.8) is 0 Å². The zero-order valence-electron chi connectivity index (χ0n) is 13.4. The molecule has 1 aliphatic rings. The molecular weight excluding hydrogens is 316 g/mol. The standard InChI is InChI=1S/C16H22N2O4S/c1-3-23(21,22)13(2)15(19)17-9-11-18(12-10-17)16(20)14-7-5-4-6-8-14/h4-8,13H,3,9-12H2,1-2H3. The number of amides is 2. The van der Waals surface area contributed by atoms with Crippen LogP contribution in [-0.4, -0.2) is 67.2 Å². The molecule has 1 aliphatic heterocycles. The van der Waals surface area contributed by atoms with Crippen LogP contribution in [0.5, 0.6) is 0 Å². The van der Waals surface area contributed by atoms with Crippen LogP contribution in [0.1, 0.15) is 24.2 Å². The Morgan fingerprint density at radius 1 is 1.04 bits per heavy atom. The molecule has 1 atom stereocenters. The van der Waals surface area contributed by atoms with Crippen LogP contribution in [0.15, 0.2) is 30.3 Å². The van der Waals surface area contributed by atoms with Crippen molar-refractivity contribution < 1.29 is 18.0 Å². The molecule has 1 unspecified atom stereocenters. The summed E-state index contributed by atoms with van der Waals surface area (Å²) >= 11 is 0. The Hall–Kier alpha value is -1.89. The van der Waals surface area contributed by atoms with Crippen molar-refractivity contribution in [2.24, 2.45) is 0 Å². The van der Waals surface area contributed by atoms with Gasteiger partial charge in [-0.2, -0.15) is 0 Å². The molecule has 0 N–H and O–H groups in total. The topological polar surface area (TPSA) is 74.8 Å². The van der Waals surface area contributed by atoms with Crippen molar-refractivity contribution in [1.82, 2.24) is 9.80 Å². The van der Waals surface area contributed by atoms with Crippen LogP contribution >= 0.6 is 0 Å². The number of carbonyl (C=O) groups excluding carboxylic acids is 2. The first-order valence-corrected chi connectivity index (χ1v) is 9.43. The van der Waals surface area contributed by atoms with E-state index in [-0.39, 0.29) is 17.6 Å². The van der Waals surface area contributed by atoms with E-state index in [1.807, 2.05) is 18.2 Å². The van der Waals surface area contributed by atoms with Gasteiger partial charge in [-0.15, -0.1) is 0 Å². The second-order valence-corrected chi connectivity index (χ2v) is 8.19. The second kappa shape index (κ2) is 7.12. The lowest BCUT2D eigenvalue weighted by molar-refractivity contribution is -0.131. The monoisotopic (exact) mass is 338 g/mol. The lowest BCUT2D eigenvalue weighted by atomic mass is 10.2. The van der Waals surface area contributed by atoms with Crippen LogP contribution in [0.2, 0.25) is 0 Å². The molecule has 0 aromatic heterocycles. The molecule has 6 nitrogen and oxygen atoms in total. The molecule has 126 valence electrons. The predicted molar refractivity (Wildman–Crippen MR) is 87.8 cm³/mol. The molecule has 1 fully saturated rings. The zero-order chi connectivity index (χ0) is 17.0. The third-order valence-corrected chi connectivity index (χ3v) is 6.27. The minimum Gasteiger partial charge on any atom is -0.338 e. The van der Waals surface area contributed by atoms with Gasteiger partial charge in [-0.05, 0) is 19.1 Å².